The molecule has 0 saturated heterocycles. The highest BCUT2D eigenvalue weighted by atomic mass is 16.5. The minimum atomic E-state index is 0.268. The molecule has 1 unspecified atom stereocenters. The summed E-state index contributed by atoms with van der Waals surface area (Å²) in [5.74, 6) is 1.08. The van der Waals surface area contributed by atoms with Crippen LogP contribution in [0.2, 0.25) is 0 Å². The number of benzene rings is 1. The molecule has 90 valence electrons. The van der Waals surface area contributed by atoms with Crippen LogP contribution < -0.4 is 10.5 Å². The molecule has 0 saturated carbocycles. The summed E-state index contributed by atoms with van der Waals surface area (Å²) in [6, 6.07) is 8.16. The van der Waals surface area contributed by atoms with Gasteiger partial charge in [-0.05, 0) is 24.6 Å². The molecule has 3 heteroatoms. The lowest BCUT2D eigenvalue weighted by Gasteiger charge is -2.12. The van der Waals surface area contributed by atoms with Gasteiger partial charge in [0.25, 0.3) is 0 Å². The summed E-state index contributed by atoms with van der Waals surface area (Å²) >= 11 is 0. The molecule has 2 rings (SSSR count). The van der Waals surface area contributed by atoms with Gasteiger partial charge < -0.3 is 10.5 Å². The first-order valence-electron chi connectivity index (χ1n) is 5.81. The minimum Gasteiger partial charge on any atom is -0.494 e. The van der Waals surface area contributed by atoms with Gasteiger partial charge in [-0.15, -0.1) is 0 Å². The first-order valence-corrected chi connectivity index (χ1v) is 5.81. The zero-order valence-corrected chi connectivity index (χ0v) is 10.5. The van der Waals surface area contributed by atoms with E-state index in [0.717, 1.165) is 22.3 Å². The van der Waals surface area contributed by atoms with E-state index in [2.05, 4.69) is 31.0 Å². The molecule has 2 N–H and O–H groups in total. The Morgan fingerprint density at radius 3 is 2.71 bits per heavy atom. The fourth-order valence-corrected chi connectivity index (χ4v) is 1.91. The summed E-state index contributed by atoms with van der Waals surface area (Å²) in [5, 5.41) is 1.14. The maximum absolute atomic E-state index is 5.68. The first kappa shape index (κ1) is 11.9. The van der Waals surface area contributed by atoms with Gasteiger partial charge in [0.2, 0.25) is 0 Å². The molecular formula is C14H18N2O. The van der Waals surface area contributed by atoms with Crippen molar-refractivity contribution in [3.8, 4) is 5.75 Å². The average molecular weight is 230 g/mol. The summed E-state index contributed by atoms with van der Waals surface area (Å²) in [4.78, 5) is 4.67. The predicted octanol–water partition coefficient (Wildman–Crippen LogP) is 2.61. The van der Waals surface area contributed by atoms with Crippen molar-refractivity contribution in [2.75, 3.05) is 13.7 Å². The predicted molar refractivity (Wildman–Crippen MR) is 70.5 cm³/mol. The Morgan fingerprint density at radius 2 is 2.06 bits per heavy atom. The summed E-state index contributed by atoms with van der Waals surface area (Å²) < 4.78 is 5.36. The second-order valence-corrected chi connectivity index (χ2v) is 4.35. The third-order valence-corrected chi connectivity index (χ3v) is 3.14. The average Bonchev–Trinajstić information content (AvgIpc) is 2.38. The molecule has 1 aromatic carbocycles. The Bertz CT molecular complexity index is 537. The molecule has 17 heavy (non-hydrogen) atoms. The van der Waals surface area contributed by atoms with E-state index < -0.39 is 0 Å². The lowest BCUT2D eigenvalue weighted by molar-refractivity contribution is 0.418. The van der Waals surface area contributed by atoms with E-state index in [9.17, 15) is 0 Å². The van der Waals surface area contributed by atoms with E-state index in [4.69, 9.17) is 10.5 Å². The van der Waals surface area contributed by atoms with E-state index in [1.165, 1.54) is 5.56 Å². The lowest BCUT2D eigenvalue weighted by atomic mass is 10.0. The van der Waals surface area contributed by atoms with Gasteiger partial charge in [-0.3, -0.25) is 0 Å². The summed E-state index contributed by atoms with van der Waals surface area (Å²) in [7, 11) is 1.67. The van der Waals surface area contributed by atoms with Crippen LogP contribution in [-0.2, 0) is 0 Å². The normalized spacial score (nSPS) is 12.7. The first-order chi connectivity index (χ1) is 8.17. The van der Waals surface area contributed by atoms with Crippen molar-refractivity contribution in [3.63, 3.8) is 0 Å². The van der Waals surface area contributed by atoms with E-state index in [1.54, 1.807) is 7.11 Å². The number of aryl methyl sites for hydroxylation is 1. The Labute approximate surface area is 102 Å². The third-order valence-electron chi connectivity index (χ3n) is 3.14. The van der Waals surface area contributed by atoms with Crippen LogP contribution in [0.4, 0.5) is 0 Å². The molecule has 1 aromatic heterocycles. The summed E-state index contributed by atoms with van der Waals surface area (Å²) in [6.07, 6.45) is 0. The second-order valence-electron chi connectivity index (χ2n) is 4.35. The van der Waals surface area contributed by atoms with Crippen LogP contribution in [0.15, 0.2) is 24.3 Å². The zero-order chi connectivity index (χ0) is 12.4. The fraction of sp³-hybridized carbons (Fsp3) is 0.357. The van der Waals surface area contributed by atoms with Crippen molar-refractivity contribution < 1.29 is 4.74 Å². The van der Waals surface area contributed by atoms with Gasteiger partial charge in [0.1, 0.15) is 11.3 Å². The number of methoxy groups -OCH3 is 1. The maximum atomic E-state index is 5.68. The molecular weight excluding hydrogens is 212 g/mol. The molecule has 3 nitrogen and oxygen atoms in total. The number of hydrogen-bond acceptors (Lipinski definition) is 3. The molecule has 0 aliphatic heterocycles. The quantitative estimate of drug-likeness (QED) is 0.881. The molecule has 0 radical (unpaired) electrons. The summed E-state index contributed by atoms with van der Waals surface area (Å²) in [6.45, 7) is 4.76. The summed E-state index contributed by atoms with van der Waals surface area (Å²) in [5.41, 5.74) is 8.82. The molecule has 0 fully saturated rings. The molecule has 0 amide bonds. The number of fused-ring (bicyclic) bond motifs is 1. The van der Waals surface area contributed by atoms with Crippen molar-refractivity contribution in [1.82, 2.24) is 4.98 Å². The highest BCUT2D eigenvalue weighted by Gasteiger charge is 2.10. The number of ether oxygens (including phenoxy) is 1. The molecule has 1 heterocycles. The third kappa shape index (κ3) is 2.11. The number of nitrogens with two attached hydrogens (primary N) is 1. The van der Waals surface area contributed by atoms with Crippen molar-refractivity contribution in [3.05, 3.63) is 35.5 Å². The highest BCUT2D eigenvalue weighted by molar-refractivity contribution is 5.87. The lowest BCUT2D eigenvalue weighted by Crippen LogP contribution is -2.10. The number of hydrogen-bond donors (Lipinski definition) is 1. The largest absolute Gasteiger partial charge is 0.494 e. The van der Waals surface area contributed by atoms with Crippen LogP contribution in [0.3, 0.4) is 0 Å². The van der Waals surface area contributed by atoms with Gasteiger partial charge in [-0.25, -0.2) is 4.98 Å². The monoisotopic (exact) mass is 230 g/mol. The van der Waals surface area contributed by atoms with Crippen molar-refractivity contribution in [2.24, 2.45) is 5.73 Å². The number of aromatic nitrogens is 1. The molecule has 0 bridgehead atoms. The Morgan fingerprint density at radius 1 is 1.29 bits per heavy atom. The van der Waals surface area contributed by atoms with Crippen LogP contribution in [-0.4, -0.2) is 18.6 Å². The van der Waals surface area contributed by atoms with Crippen LogP contribution >= 0.6 is 0 Å². The SMILES string of the molecule is COc1ccc(C)c2ccc(C(C)CN)nc12. The maximum Gasteiger partial charge on any atom is 0.145 e. The van der Waals surface area contributed by atoms with Gasteiger partial charge in [0.05, 0.1) is 7.11 Å². The fourth-order valence-electron chi connectivity index (χ4n) is 1.91. The molecule has 0 aliphatic rings. The van der Waals surface area contributed by atoms with E-state index >= 15 is 0 Å². The van der Waals surface area contributed by atoms with E-state index in [0.29, 0.717) is 6.54 Å². The zero-order valence-electron chi connectivity index (χ0n) is 10.5. The van der Waals surface area contributed by atoms with Crippen LogP contribution in [0.5, 0.6) is 5.75 Å². The number of rotatable bonds is 3. The minimum absolute atomic E-state index is 0.268. The Balaban J connectivity index is 2.66. The van der Waals surface area contributed by atoms with Gasteiger partial charge in [-0.1, -0.05) is 19.1 Å². The van der Waals surface area contributed by atoms with E-state index in [-0.39, 0.29) is 5.92 Å². The highest BCUT2D eigenvalue weighted by Crippen LogP contribution is 2.28. The molecule has 0 aliphatic carbocycles. The van der Waals surface area contributed by atoms with Crippen LogP contribution in [0, 0.1) is 6.92 Å². The van der Waals surface area contributed by atoms with Gasteiger partial charge in [-0.2, -0.15) is 0 Å². The Kier molecular flexibility index (Phi) is 3.29. The van der Waals surface area contributed by atoms with Gasteiger partial charge >= 0.3 is 0 Å². The number of pyridine rings is 1. The smallest absolute Gasteiger partial charge is 0.145 e. The molecule has 2 aromatic rings. The van der Waals surface area contributed by atoms with Crippen molar-refractivity contribution in [1.29, 1.82) is 0 Å². The van der Waals surface area contributed by atoms with E-state index in [1.807, 2.05) is 12.1 Å². The van der Waals surface area contributed by atoms with Crippen molar-refractivity contribution >= 4 is 10.9 Å². The van der Waals surface area contributed by atoms with Crippen molar-refractivity contribution in [2.45, 2.75) is 19.8 Å². The van der Waals surface area contributed by atoms with Crippen LogP contribution in [0.25, 0.3) is 10.9 Å². The molecule has 0 spiro atoms. The van der Waals surface area contributed by atoms with Crippen LogP contribution in [0.1, 0.15) is 24.1 Å². The number of nitrogens with zero attached hydrogens (tertiary/aromatic N) is 1. The second kappa shape index (κ2) is 4.72. The van der Waals surface area contributed by atoms with Gasteiger partial charge in [0.15, 0.2) is 0 Å². The topological polar surface area (TPSA) is 48.1 Å². The van der Waals surface area contributed by atoms with Gasteiger partial charge in [0, 0.05) is 23.5 Å². The molecule has 1 atom stereocenters. The standard InChI is InChI=1S/C14H18N2O/c1-9-4-7-13(17-3)14-11(9)5-6-12(16-14)10(2)8-15/h4-7,10H,8,15H2,1-3H3. The Hall–Kier alpha value is -1.61.